The second-order valence-electron chi connectivity index (χ2n) is 27.2. The summed E-state index contributed by atoms with van der Waals surface area (Å²) in [7, 11) is 0. The minimum Gasteiger partial charge on any atom is -0.0587 e. The number of fused-ring (bicyclic) bond motifs is 6. The second kappa shape index (κ2) is 24.5. The highest BCUT2D eigenvalue weighted by Gasteiger charge is 2.22. The Morgan fingerprint density at radius 3 is 0.436 bits per heavy atom. The summed E-state index contributed by atoms with van der Waals surface area (Å²) in [5.41, 5.74) is 18.1. The van der Waals surface area contributed by atoms with Gasteiger partial charge in [0.2, 0.25) is 0 Å². The van der Waals surface area contributed by atoms with Crippen molar-refractivity contribution in [1.82, 2.24) is 0 Å². The van der Waals surface area contributed by atoms with Crippen molar-refractivity contribution >= 4 is 64.6 Å². The van der Waals surface area contributed by atoms with Crippen molar-refractivity contribution in [3.8, 4) is 0 Å². The van der Waals surface area contributed by atoms with Crippen LogP contribution in [0.15, 0.2) is 109 Å². The van der Waals surface area contributed by atoms with Crippen LogP contribution in [-0.4, -0.2) is 0 Å². The van der Waals surface area contributed by atoms with E-state index in [4.69, 9.17) is 0 Å². The molecular formula is C78H102. The molecule has 0 aliphatic carbocycles. The quantitative estimate of drug-likeness (QED) is 0.107. The fraction of sp³-hybridized carbons (Fsp3) is 0.462. The Bertz CT molecular complexity index is 3180. The second-order valence-corrected chi connectivity index (χ2v) is 27.2. The Balaban J connectivity index is 0.000000170. The molecule has 0 fully saturated rings. The SMILES string of the molecule is CC(C)c1ccc2cc3c(C(C)C)c(C(C)C)ccc3cc2c1C(C)C.CC(C)c1ccc2cc3c(C(C)C)c(C(C)C)ccc3cc2c1C(C)C.CC(C)c1ccc2cc3ccc(C(C)C)c(C(C)C)c3cc2c1C(C)C. The van der Waals surface area contributed by atoms with E-state index in [9.17, 15) is 0 Å². The van der Waals surface area contributed by atoms with Crippen molar-refractivity contribution in [2.24, 2.45) is 0 Å². The van der Waals surface area contributed by atoms with E-state index in [1.54, 1.807) is 0 Å². The van der Waals surface area contributed by atoms with Crippen molar-refractivity contribution < 1.29 is 0 Å². The van der Waals surface area contributed by atoms with E-state index < -0.39 is 0 Å². The zero-order valence-corrected chi connectivity index (χ0v) is 53.3. The fourth-order valence-electron chi connectivity index (χ4n) is 13.6. The Kier molecular flexibility index (Phi) is 18.9. The summed E-state index contributed by atoms with van der Waals surface area (Å²) < 4.78 is 0. The molecule has 0 aromatic heterocycles. The van der Waals surface area contributed by atoms with Gasteiger partial charge in [-0.3, -0.25) is 0 Å². The molecule has 0 heterocycles. The monoisotopic (exact) mass is 1040 g/mol. The van der Waals surface area contributed by atoms with Crippen LogP contribution in [0, 0.1) is 0 Å². The summed E-state index contributed by atoms with van der Waals surface area (Å²) in [6.45, 7) is 55.6. The van der Waals surface area contributed by atoms with Gasteiger partial charge in [0.05, 0.1) is 0 Å². The van der Waals surface area contributed by atoms with Crippen molar-refractivity contribution in [3.05, 3.63) is 176 Å². The molecule has 9 aromatic carbocycles. The third-order valence-corrected chi connectivity index (χ3v) is 17.1. The molecule has 78 heavy (non-hydrogen) atoms. The Morgan fingerprint density at radius 1 is 0.154 bits per heavy atom. The van der Waals surface area contributed by atoms with Gasteiger partial charge in [0, 0.05) is 0 Å². The third-order valence-electron chi connectivity index (χ3n) is 17.1. The van der Waals surface area contributed by atoms with Gasteiger partial charge in [-0.05, 0) is 239 Å². The lowest BCUT2D eigenvalue weighted by Gasteiger charge is -2.22. The van der Waals surface area contributed by atoms with Crippen molar-refractivity contribution in [2.45, 2.75) is 237 Å². The van der Waals surface area contributed by atoms with Gasteiger partial charge in [-0.2, -0.15) is 0 Å². The van der Waals surface area contributed by atoms with Crippen LogP contribution in [0.5, 0.6) is 0 Å². The first-order chi connectivity index (χ1) is 36.7. The average molecular weight is 1040 g/mol. The molecule has 0 aliphatic heterocycles. The van der Waals surface area contributed by atoms with Gasteiger partial charge in [-0.15, -0.1) is 0 Å². The van der Waals surface area contributed by atoms with Gasteiger partial charge in [-0.25, -0.2) is 0 Å². The maximum absolute atomic E-state index is 2.49. The van der Waals surface area contributed by atoms with E-state index in [1.165, 1.54) is 131 Å². The lowest BCUT2D eigenvalue weighted by Crippen LogP contribution is -2.02. The Labute approximate surface area is 475 Å². The molecule has 9 rings (SSSR count). The number of hydrogen-bond acceptors (Lipinski definition) is 0. The Morgan fingerprint density at radius 2 is 0.295 bits per heavy atom. The van der Waals surface area contributed by atoms with Gasteiger partial charge < -0.3 is 0 Å². The zero-order valence-electron chi connectivity index (χ0n) is 53.3. The molecule has 0 nitrogen and oxygen atoms in total. The summed E-state index contributed by atoms with van der Waals surface area (Å²) in [6, 6.07) is 42.8. The highest BCUT2D eigenvalue weighted by molar-refractivity contribution is 6.04. The largest absolute Gasteiger partial charge is 0.0587 e. The van der Waals surface area contributed by atoms with E-state index in [0.29, 0.717) is 71.0 Å². The first kappa shape index (κ1) is 60.2. The van der Waals surface area contributed by atoms with E-state index >= 15 is 0 Å². The first-order valence-corrected chi connectivity index (χ1v) is 30.7. The maximum atomic E-state index is 2.49. The summed E-state index contributed by atoms with van der Waals surface area (Å²) in [4.78, 5) is 0. The lowest BCUT2D eigenvalue weighted by atomic mass is 9.82. The van der Waals surface area contributed by atoms with Crippen LogP contribution in [-0.2, 0) is 0 Å². The highest BCUT2D eigenvalue weighted by Crippen LogP contribution is 2.43. The van der Waals surface area contributed by atoms with Crippen LogP contribution in [0.2, 0.25) is 0 Å². The van der Waals surface area contributed by atoms with Crippen molar-refractivity contribution in [3.63, 3.8) is 0 Å². The lowest BCUT2D eigenvalue weighted by molar-refractivity contribution is 0.796. The highest BCUT2D eigenvalue weighted by atomic mass is 14.3. The van der Waals surface area contributed by atoms with Crippen LogP contribution in [0.4, 0.5) is 0 Å². The summed E-state index contributed by atoms with van der Waals surface area (Å²) >= 11 is 0. The normalized spacial score (nSPS) is 12.5. The van der Waals surface area contributed by atoms with E-state index in [1.807, 2.05) is 0 Å². The molecule has 0 unspecified atom stereocenters. The summed E-state index contributed by atoms with van der Waals surface area (Å²) in [5, 5.41) is 16.9. The summed E-state index contributed by atoms with van der Waals surface area (Å²) in [5.74, 6) is 6.54. The molecule has 0 saturated carbocycles. The molecule has 9 aromatic rings. The van der Waals surface area contributed by atoms with Gasteiger partial charge in [0.1, 0.15) is 0 Å². The van der Waals surface area contributed by atoms with Crippen LogP contribution >= 0.6 is 0 Å². The van der Waals surface area contributed by atoms with Crippen LogP contribution in [0.1, 0.15) is 304 Å². The van der Waals surface area contributed by atoms with Gasteiger partial charge in [0.15, 0.2) is 0 Å². The fourth-order valence-corrected chi connectivity index (χ4v) is 13.6. The number of benzene rings is 9. The van der Waals surface area contributed by atoms with Gasteiger partial charge in [-0.1, -0.05) is 239 Å². The molecule has 0 amide bonds. The van der Waals surface area contributed by atoms with Crippen LogP contribution < -0.4 is 0 Å². The number of rotatable bonds is 12. The Hall–Kier alpha value is -5.46. The predicted molar refractivity (Wildman–Crippen MR) is 353 cm³/mol. The molecule has 414 valence electrons. The minimum absolute atomic E-state index is 0.532. The van der Waals surface area contributed by atoms with Crippen molar-refractivity contribution in [1.29, 1.82) is 0 Å². The van der Waals surface area contributed by atoms with E-state index in [-0.39, 0.29) is 0 Å². The molecule has 0 N–H and O–H groups in total. The average Bonchev–Trinajstić information content (AvgIpc) is 3.36. The first-order valence-electron chi connectivity index (χ1n) is 30.7. The maximum Gasteiger partial charge on any atom is -0.0140 e. The smallest absolute Gasteiger partial charge is 0.0140 e. The van der Waals surface area contributed by atoms with Gasteiger partial charge in [0.25, 0.3) is 0 Å². The number of hydrogen-bond donors (Lipinski definition) is 0. The molecule has 0 radical (unpaired) electrons. The van der Waals surface area contributed by atoms with E-state index in [2.05, 4.69) is 275 Å². The molecular weight excluding hydrogens is 937 g/mol. The topological polar surface area (TPSA) is 0 Å². The van der Waals surface area contributed by atoms with Crippen LogP contribution in [0.3, 0.4) is 0 Å². The molecule has 0 spiro atoms. The molecule has 0 atom stereocenters. The van der Waals surface area contributed by atoms with Crippen molar-refractivity contribution in [2.75, 3.05) is 0 Å². The minimum atomic E-state index is 0.532. The molecule has 0 aliphatic rings. The third kappa shape index (κ3) is 12.0. The van der Waals surface area contributed by atoms with Gasteiger partial charge >= 0.3 is 0 Å². The van der Waals surface area contributed by atoms with Crippen LogP contribution in [0.25, 0.3) is 64.6 Å². The molecule has 0 heteroatoms. The summed E-state index contributed by atoms with van der Waals surface area (Å²) in [6.07, 6.45) is 0. The predicted octanol–water partition coefficient (Wildman–Crippen LogP) is 25.5. The molecule has 0 saturated heterocycles. The standard InChI is InChI=1S/3C26H34/c2*1-15(2)21-11-9-19-14-24-20(13-23(19)25(21)17(5)6)10-12-22(16(3)4)26(24)18(7)8;1-15(2)21-11-9-19-13-20-10-12-22(16(3)4)26(18(7)8)24(20)14-23(19)25(21)17(5)6/h3*9-18H,1-8H3. The van der Waals surface area contributed by atoms with E-state index in [0.717, 1.165) is 0 Å². The zero-order chi connectivity index (χ0) is 57.5. The molecule has 0 bridgehead atoms.